The SMILES string of the molecule is Cc1nc(CN2C(=O)c3cccn3[C@@H]3CN(CC4CC4)C[C@H]32)cs1. The summed E-state index contributed by atoms with van der Waals surface area (Å²) in [5.41, 5.74) is 1.85. The summed E-state index contributed by atoms with van der Waals surface area (Å²) in [6.45, 7) is 5.90. The zero-order valence-corrected chi connectivity index (χ0v) is 14.7. The highest BCUT2D eigenvalue weighted by molar-refractivity contribution is 7.09. The molecule has 2 aromatic heterocycles. The van der Waals surface area contributed by atoms with E-state index in [1.165, 1.54) is 19.4 Å². The Morgan fingerprint density at radius 3 is 2.88 bits per heavy atom. The van der Waals surface area contributed by atoms with Crippen LogP contribution in [0.4, 0.5) is 0 Å². The van der Waals surface area contributed by atoms with Gasteiger partial charge in [-0.2, -0.15) is 0 Å². The molecule has 3 aliphatic rings. The van der Waals surface area contributed by atoms with E-state index in [1.807, 2.05) is 19.1 Å². The number of nitrogens with zero attached hydrogens (tertiary/aromatic N) is 4. The van der Waals surface area contributed by atoms with Gasteiger partial charge in [0.1, 0.15) is 5.69 Å². The van der Waals surface area contributed by atoms with Crippen molar-refractivity contribution in [2.24, 2.45) is 5.92 Å². The molecule has 6 heteroatoms. The standard InChI is InChI=1S/C18H22N4OS/c1-12-19-14(11-24-12)8-22-17-10-20(7-13-4-5-13)9-16(17)21-6-2-3-15(21)18(22)23/h2-3,6,11,13,16-17H,4-5,7-10H2,1H3/t16-,17-/m1/s1. The van der Waals surface area contributed by atoms with E-state index in [4.69, 9.17) is 0 Å². The largest absolute Gasteiger partial charge is 0.337 e. The fourth-order valence-corrected chi connectivity index (χ4v) is 4.85. The highest BCUT2D eigenvalue weighted by Gasteiger charge is 2.45. The summed E-state index contributed by atoms with van der Waals surface area (Å²) in [5.74, 6) is 1.04. The van der Waals surface area contributed by atoms with E-state index < -0.39 is 0 Å². The minimum atomic E-state index is 0.153. The number of rotatable bonds is 4. The maximum atomic E-state index is 13.0. The van der Waals surface area contributed by atoms with Crippen LogP contribution >= 0.6 is 11.3 Å². The zero-order valence-electron chi connectivity index (χ0n) is 13.9. The van der Waals surface area contributed by atoms with Crippen molar-refractivity contribution in [3.05, 3.63) is 40.1 Å². The monoisotopic (exact) mass is 342 g/mol. The normalized spacial score (nSPS) is 26.7. The molecule has 2 atom stereocenters. The Balaban J connectivity index is 1.45. The van der Waals surface area contributed by atoms with Crippen LogP contribution in [0.2, 0.25) is 0 Å². The molecule has 1 amide bonds. The zero-order chi connectivity index (χ0) is 16.3. The van der Waals surface area contributed by atoms with Crippen LogP contribution in [-0.2, 0) is 6.54 Å². The van der Waals surface area contributed by atoms with Crippen LogP contribution in [0.5, 0.6) is 0 Å². The van der Waals surface area contributed by atoms with E-state index >= 15 is 0 Å². The molecular weight excluding hydrogens is 320 g/mol. The fraction of sp³-hybridized carbons (Fsp3) is 0.556. The van der Waals surface area contributed by atoms with Crippen molar-refractivity contribution in [3.8, 4) is 0 Å². The summed E-state index contributed by atoms with van der Waals surface area (Å²) in [7, 11) is 0. The van der Waals surface area contributed by atoms with Gasteiger partial charge in [-0.3, -0.25) is 9.69 Å². The Hall–Kier alpha value is -1.66. The first-order valence-electron chi connectivity index (χ1n) is 8.80. The quantitative estimate of drug-likeness (QED) is 0.857. The van der Waals surface area contributed by atoms with Gasteiger partial charge in [0.15, 0.2) is 0 Å². The van der Waals surface area contributed by atoms with Gasteiger partial charge < -0.3 is 9.47 Å². The first-order chi connectivity index (χ1) is 11.7. The first-order valence-corrected chi connectivity index (χ1v) is 9.68. The number of hydrogen-bond acceptors (Lipinski definition) is 4. The van der Waals surface area contributed by atoms with Crippen LogP contribution in [0.1, 0.15) is 40.1 Å². The van der Waals surface area contributed by atoms with E-state index in [0.29, 0.717) is 12.6 Å². The molecule has 1 saturated heterocycles. The smallest absolute Gasteiger partial charge is 0.271 e. The molecule has 2 fully saturated rings. The Kier molecular flexibility index (Phi) is 3.31. The van der Waals surface area contributed by atoms with Crippen LogP contribution in [0, 0.1) is 12.8 Å². The predicted molar refractivity (Wildman–Crippen MR) is 93.1 cm³/mol. The summed E-state index contributed by atoms with van der Waals surface area (Å²) < 4.78 is 2.21. The van der Waals surface area contributed by atoms with Crippen LogP contribution in [0.15, 0.2) is 23.7 Å². The Morgan fingerprint density at radius 1 is 1.29 bits per heavy atom. The number of hydrogen-bond donors (Lipinski definition) is 0. The highest BCUT2D eigenvalue weighted by atomic mass is 32.1. The van der Waals surface area contributed by atoms with Gasteiger partial charge in [-0.1, -0.05) is 0 Å². The number of aromatic nitrogens is 2. The predicted octanol–water partition coefficient (Wildman–Crippen LogP) is 2.54. The molecule has 0 N–H and O–H groups in total. The Bertz CT molecular complexity index is 778. The molecule has 1 saturated carbocycles. The summed E-state index contributed by atoms with van der Waals surface area (Å²) in [6, 6.07) is 4.61. The van der Waals surface area contributed by atoms with Gasteiger partial charge in [-0.05, 0) is 37.8 Å². The average Bonchev–Trinajstić information content (AvgIpc) is 2.97. The van der Waals surface area contributed by atoms with Crippen molar-refractivity contribution in [1.29, 1.82) is 0 Å². The summed E-state index contributed by atoms with van der Waals surface area (Å²) >= 11 is 1.66. The average molecular weight is 342 g/mol. The van der Waals surface area contributed by atoms with Gasteiger partial charge in [-0.15, -0.1) is 11.3 Å². The second-order valence-corrected chi connectivity index (χ2v) is 8.45. The van der Waals surface area contributed by atoms with Crippen molar-refractivity contribution in [3.63, 3.8) is 0 Å². The molecule has 0 radical (unpaired) electrons. The third kappa shape index (κ3) is 2.40. The topological polar surface area (TPSA) is 41.4 Å². The van der Waals surface area contributed by atoms with Crippen LogP contribution < -0.4 is 0 Å². The van der Waals surface area contributed by atoms with Gasteiger partial charge in [0.25, 0.3) is 5.91 Å². The number of aryl methyl sites for hydroxylation is 1. The molecule has 126 valence electrons. The van der Waals surface area contributed by atoms with Crippen molar-refractivity contribution in [2.45, 2.75) is 38.4 Å². The van der Waals surface area contributed by atoms with Gasteiger partial charge in [0, 0.05) is 31.2 Å². The molecule has 2 aliphatic heterocycles. The molecule has 0 spiro atoms. The van der Waals surface area contributed by atoms with Gasteiger partial charge >= 0.3 is 0 Å². The van der Waals surface area contributed by atoms with E-state index in [9.17, 15) is 4.79 Å². The lowest BCUT2D eigenvalue weighted by Gasteiger charge is -2.38. The first kappa shape index (κ1) is 14.7. The molecule has 5 nitrogen and oxygen atoms in total. The van der Waals surface area contributed by atoms with Gasteiger partial charge in [0.05, 0.1) is 29.3 Å². The van der Waals surface area contributed by atoms with Crippen LogP contribution in [0.25, 0.3) is 0 Å². The molecule has 4 heterocycles. The number of carbonyl (C=O) groups is 1. The number of carbonyl (C=O) groups excluding carboxylic acids is 1. The van der Waals surface area contributed by atoms with Gasteiger partial charge in [0.2, 0.25) is 0 Å². The maximum Gasteiger partial charge on any atom is 0.271 e. The number of amides is 1. The lowest BCUT2D eigenvalue weighted by Crippen LogP contribution is -2.49. The van der Waals surface area contributed by atoms with Crippen molar-refractivity contribution < 1.29 is 4.79 Å². The fourth-order valence-electron chi connectivity index (χ4n) is 4.25. The van der Waals surface area contributed by atoms with E-state index in [2.05, 4.69) is 30.9 Å². The van der Waals surface area contributed by atoms with E-state index in [1.54, 1.807) is 11.3 Å². The number of thiazole rings is 1. The Labute approximate surface area is 145 Å². The number of likely N-dealkylation sites (tertiary alicyclic amines) is 1. The van der Waals surface area contributed by atoms with Crippen molar-refractivity contribution >= 4 is 17.2 Å². The van der Waals surface area contributed by atoms with E-state index in [-0.39, 0.29) is 11.9 Å². The second-order valence-electron chi connectivity index (χ2n) is 7.39. The van der Waals surface area contributed by atoms with Crippen LogP contribution in [-0.4, -0.2) is 50.9 Å². The molecular formula is C18H22N4OS. The Morgan fingerprint density at radius 2 is 2.12 bits per heavy atom. The lowest BCUT2D eigenvalue weighted by atomic mass is 10.1. The molecule has 0 unspecified atom stereocenters. The highest BCUT2D eigenvalue weighted by Crippen LogP contribution is 2.37. The van der Waals surface area contributed by atoms with E-state index in [0.717, 1.165) is 35.4 Å². The third-order valence-electron chi connectivity index (χ3n) is 5.56. The molecule has 0 bridgehead atoms. The number of fused-ring (bicyclic) bond motifs is 3. The lowest BCUT2D eigenvalue weighted by molar-refractivity contribution is 0.0554. The molecule has 5 rings (SSSR count). The minimum absolute atomic E-state index is 0.153. The van der Waals surface area contributed by atoms with Crippen molar-refractivity contribution in [1.82, 2.24) is 19.4 Å². The van der Waals surface area contributed by atoms with Crippen LogP contribution in [0.3, 0.4) is 0 Å². The summed E-state index contributed by atoms with van der Waals surface area (Å²) in [4.78, 5) is 22.2. The minimum Gasteiger partial charge on any atom is -0.337 e. The third-order valence-corrected chi connectivity index (χ3v) is 6.39. The molecule has 24 heavy (non-hydrogen) atoms. The molecule has 1 aliphatic carbocycles. The molecule has 0 aromatic carbocycles. The maximum absolute atomic E-state index is 13.0. The van der Waals surface area contributed by atoms with Crippen molar-refractivity contribution in [2.75, 3.05) is 19.6 Å². The summed E-state index contributed by atoms with van der Waals surface area (Å²) in [6.07, 6.45) is 4.83. The summed E-state index contributed by atoms with van der Waals surface area (Å²) in [5, 5.41) is 3.15. The molecule has 2 aromatic rings. The second kappa shape index (κ2) is 5.43. The van der Waals surface area contributed by atoms with Gasteiger partial charge in [-0.25, -0.2) is 4.98 Å².